The van der Waals surface area contributed by atoms with Crippen LogP contribution in [0.3, 0.4) is 0 Å². The van der Waals surface area contributed by atoms with Crippen LogP contribution in [-0.2, 0) is 16.0 Å². The summed E-state index contributed by atoms with van der Waals surface area (Å²) in [6, 6.07) is 16.6. The van der Waals surface area contributed by atoms with Crippen LogP contribution in [0.4, 0.5) is 10.6 Å². The molecule has 1 unspecified atom stereocenters. The van der Waals surface area contributed by atoms with Crippen LogP contribution in [0.5, 0.6) is 0 Å². The Balaban J connectivity index is 1.27. The number of alkyl carbamates (subject to hydrolysis) is 1. The Kier molecular flexibility index (Phi) is 4.82. The van der Waals surface area contributed by atoms with E-state index in [1.165, 1.54) is 12.3 Å². The van der Waals surface area contributed by atoms with Gasteiger partial charge in [-0.3, -0.25) is 4.79 Å². The van der Waals surface area contributed by atoms with Crippen molar-refractivity contribution in [2.75, 3.05) is 11.9 Å². The number of carbonyl (C=O) groups excluding carboxylic acids is 2. The predicted octanol–water partition coefficient (Wildman–Crippen LogP) is 3.18. The van der Waals surface area contributed by atoms with Crippen LogP contribution in [0, 0.1) is 0 Å². The fourth-order valence-electron chi connectivity index (χ4n) is 4.31. The molecule has 0 saturated carbocycles. The highest BCUT2D eigenvalue weighted by molar-refractivity contribution is 5.99. The number of ether oxygens (including phenoxy) is 1. The van der Waals surface area contributed by atoms with E-state index >= 15 is 0 Å². The van der Waals surface area contributed by atoms with Crippen LogP contribution in [0.2, 0.25) is 0 Å². The van der Waals surface area contributed by atoms with Crippen molar-refractivity contribution in [3.8, 4) is 11.1 Å². The maximum atomic E-state index is 12.5. The summed E-state index contributed by atoms with van der Waals surface area (Å²) in [5.74, 6) is -1.33. The molecule has 1 aliphatic carbocycles. The van der Waals surface area contributed by atoms with Gasteiger partial charge in [0.15, 0.2) is 0 Å². The Morgan fingerprint density at radius 2 is 1.75 bits per heavy atom. The topological polar surface area (TPSA) is 118 Å². The molecule has 32 heavy (non-hydrogen) atoms. The highest BCUT2D eigenvalue weighted by Gasteiger charge is 2.32. The van der Waals surface area contributed by atoms with Gasteiger partial charge in [0.2, 0.25) is 5.91 Å². The van der Waals surface area contributed by atoms with Crippen LogP contribution in [-0.4, -0.2) is 40.7 Å². The average molecular weight is 429 g/mol. The molecule has 160 valence electrons. The van der Waals surface area contributed by atoms with Crippen LogP contribution >= 0.6 is 0 Å². The van der Waals surface area contributed by atoms with Gasteiger partial charge in [0.1, 0.15) is 18.5 Å². The van der Waals surface area contributed by atoms with Crippen molar-refractivity contribution in [3.63, 3.8) is 0 Å². The largest absolute Gasteiger partial charge is 0.478 e. The van der Waals surface area contributed by atoms with Crippen LogP contribution < -0.4 is 10.6 Å². The van der Waals surface area contributed by atoms with Crippen molar-refractivity contribution in [2.24, 2.45) is 0 Å². The maximum Gasteiger partial charge on any atom is 0.407 e. The van der Waals surface area contributed by atoms with E-state index in [-0.39, 0.29) is 24.5 Å². The van der Waals surface area contributed by atoms with E-state index in [0.29, 0.717) is 11.4 Å². The zero-order valence-electron chi connectivity index (χ0n) is 16.9. The Bertz CT molecular complexity index is 1210. The Morgan fingerprint density at radius 1 is 1.09 bits per heavy atom. The number of nitrogens with zero attached hydrogens (tertiary/aromatic N) is 1. The smallest absolute Gasteiger partial charge is 0.407 e. The maximum absolute atomic E-state index is 12.5. The fraction of sp³-hybridized carbons (Fsp3) is 0.167. The number of carbonyl (C=O) groups is 3. The van der Waals surface area contributed by atoms with E-state index in [1.54, 1.807) is 0 Å². The van der Waals surface area contributed by atoms with Crippen molar-refractivity contribution < 1.29 is 24.2 Å². The number of carboxylic acids is 1. The van der Waals surface area contributed by atoms with E-state index < -0.39 is 24.0 Å². The second-order valence-electron chi connectivity index (χ2n) is 7.75. The molecule has 0 radical (unpaired) electrons. The minimum absolute atomic E-state index is 0.0137. The standard InChI is InChI=1S/C24H19N3O5/c28-22-20(10-13-9-14(23(29)30)11-25-21(13)27-22)26-24(31)32-12-19-17-7-3-1-5-15(17)16-6-2-4-8-18(16)19/h1-9,11,19-20H,10,12H2,(H,26,31)(H,29,30)(H,25,27,28). The number of hydrogen-bond donors (Lipinski definition) is 3. The third-order valence-corrected chi connectivity index (χ3v) is 5.83. The number of fused-ring (bicyclic) bond motifs is 4. The minimum Gasteiger partial charge on any atom is -0.478 e. The molecule has 3 N–H and O–H groups in total. The van der Waals surface area contributed by atoms with Gasteiger partial charge in [-0.15, -0.1) is 0 Å². The molecule has 2 aliphatic rings. The molecule has 0 spiro atoms. The molecule has 5 rings (SSSR count). The number of pyridine rings is 1. The first-order chi connectivity index (χ1) is 15.5. The van der Waals surface area contributed by atoms with Crippen molar-refractivity contribution in [2.45, 2.75) is 18.4 Å². The molecule has 1 aromatic heterocycles. The molecular formula is C24H19N3O5. The first kappa shape index (κ1) is 19.7. The Hall–Kier alpha value is -4.20. The second kappa shape index (κ2) is 7.81. The number of carboxylic acid groups (broad SMARTS) is 1. The van der Waals surface area contributed by atoms with Crippen LogP contribution in [0.25, 0.3) is 11.1 Å². The van der Waals surface area contributed by atoms with E-state index in [2.05, 4.69) is 27.8 Å². The van der Waals surface area contributed by atoms with Crippen molar-refractivity contribution >= 4 is 23.8 Å². The lowest BCUT2D eigenvalue weighted by Gasteiger charge is -2.24. The number of aromatic carboxylic acids is 1. The zero-order chi connectivity index (χ0) is 22.2. The third-order valence-electron chi connectivity index (χ3n) is 5.83. The van der Waals surface area contributed by atoms with Gasteiger partial charge in [-0.2, -0.15) is 0 Å². The van der Waals surface area contributed by atoms with Gasteiger partial charge in [0, 0.05) is 18.5 Å². The molecule has 0 bridgehead atoms. The predicted molar refractivity (Wildman–Crippen MR) is 116 cm³/mol. The molecular weight excluding hydrogens is 410 g/mol. The van der Waals surface area contributed by atoms with Gasteiger partial charge >= 0.3 is 12.1 Å². The molecule has 2 aromatic carbocycles. The lowest BCUT2D eigenvalue weighted by molar-refractivity contribution is -0.118. The van der Waals surface area contributed by atoms with Crippen LogP contribution in [0.1, 0.15) is 33.0 Å². The monoisotopic (exact) mass is 429 g/mol. The van der Waals surface area contributed by atoms with Crippen molar-refractivity contribution in [3.05, 3.63) is 83.0 Å². The normalized spacial score (nSPS) is 16.4. The fourth-order valence-corrected chi connectivity index (χ4v) is 4.31. The molecule has 3 aromatic rings. The van der Waals surface area contributed by atoms with Gasteiger partial charge in [0.25, 0.3) is 0 Å². The minimum atomic E-state index is -1.11. The second-order valence-corrected chi connectivity index (χ2v) is 7.75. The lowest BCUT2D eigenvalue weighted by Crippen LogP contribution is -2.48. The summed E-state index contributed by atoms with van der Waals surface area (Å²) >= 11 is 0. The third kappa shape index (κ3) is 3.45. The lowest BCUT2D eigenvalue weighted by atomic mass is 9.98. The average Bonchev–Trinajstić information content (AvgIpc) is 3.11. The number of amides is 2. The van der Waals surface area contributed by atoms with Gasteiger partial charge < -0.3 is 20.5 Å². The number of rotatable bonds is 4. The van der Waals surface area contributed by atoms with E-state index in [4.69, 9.17) is 9.84 Å². The van der Waals surface area contributed by atoms with Gasteiger partial charge in [0.05, 0.1) is 5.56 Å². The molecule has 0 fully saturated rings. The van der Waals surface area contributed by atoms with Crippen molar-refractivity contribution in [1.82, 2.24) is 10.3 Å². The molecule has 2 amide bonds. The number of anilines is 1. The van der Waals surface area contributed by atoms with Gasteiger partial charge in [-0.1, -0.05) is 48.5 Å². The van der Waals surface area contributed by atoms with E-state index in [9.17, 15) is 14.4 Å². The number of aromatic nitrogens is 1. The molecule has 1 atom stereocenters. The number of hydrogen-bond acceptors (Lipinski definition) is 5. The van der Waals surface area contributed by atoms with E-state index in [0.717, 1.165) is 22.3 Å². The van der Waals surface area contributed by atoms with Gasteiger partial charge in [-0.05, 0) is 33.9 Å². The summed E-state index contributed by atoms with van der Waals surface area (Å²) in [5, 5.41) is 14.3. The van der Waals surface area contributed by atoms with Crippen LogP contribution in [0.15, 0.2) is 60.8 Å². The molecule has 1 aliphatic heterocycles. The first-order valence-electron chi connectivity index (χ1n) is 10.2. The number of nitrogens with one attached hydrogen (secondary N) is 2. The number of benzene rings is 2. The SMILES string of the molecule is O=C(NC1Cc2cc(C(=O)O)cnc2NC1=O)OCC1c2ccccc2-c2ccccc21. The molecule has 0 saturated heterocycles. The van der Waals surface area contributed by atoms with E-state index in [1.807, 2.05) is 36.4 Å². The quantitative estimate of drug-likeness (QED) is 0.586. The highest BCUT2D eigenvalue weighted by atomic mass is 16.5. The summed E-state index contributed by atoms with van der Waals surface area (Å²) in [6.45, 7) is 0.134. The molecule has 8 nitrogen and oxygen atoms in total. The zero-order valence-corrected chi connectivity index (χ0v) is 16.9. The summed E-state index contributed by atoms with van der Waals surface area (Å²) in [5.41, 5.74) is 4.99. The molecule has 2 heterocycles. The first-order valence-corrected chi connectivity index (χ1v) is 10.2. The summed E-state index contributed by atoms with van der Waals surface area (Å²) < 4.78 is 5.50. The van der Waals surface area contributed by atoms with Gasteiger partial charge in [-0.25, -0.2) is 14.6 Å². The molecule has 8 heteroatoms. The summed E-state index contributed by atoms with van der Waals surface area (Å²) in [4.78, 5) is 40.0. The Morgan fingerprint density at radius 3 is 2.41 bits per heavy atom. The summed E-state index contributed by atoms with van der Waals surface area (Å²) in [7, 11) is 0. The highest BCUT2D eigenvalue weighted by Crippen LogP contribution is 2.44. The summed E-state index contributed by atoms with van der Waals surface area (Å²) in [6.07, 6.45) is 0.595. The Labute approximate surface area is 183 Å². The van der Waals surface area contributed by atoms with Crippen molar-refractivity contribution in [1.29, 1.82) is 0 Å².